The average molecular weight is 313 g/mol. The molecule has 5 heteroatoms. The molecule has 0 bridgehead atoms. The molecule has 0 radical (unpaired) electrons. The molecule has 1 aromatic carbocycles. The largest absolute Gasteiger partial charge is 0.489 e. The Morgan fingerprint density at radius 3 is 2.94 bits per heavy atom. The highest BCUT2D eigenvalue weighted by molar-refractivity contribution is 9.10. The normalized spacial score (nSPS) is 10.2. The summed E-state index contributed by atoms with van der Waals surface area (Å²) in [4.78, 5) is 11.2. The van der Waals surface area contributed by atoms with E-state index in [0.717, 1.165) is 4.47 Å². The third-order valence-electron chi connectivity index (χ3n) is 2.13. The Bertz CT molecular complexity index is 536. The lowest BCUT2D eigenvalue weighted by Gasteiger charge is -2.05. The Hall–Kier alpha value is -1.33. The number of carbonyl (C=O) groups is 1. The van der Waals surface area contributed by atoms with Gasteiger partial charge in [0.2, 0.25) is 0 Å². The van der Waals surface area contributed by atoms with Crippen LogP contribution < -0.4 is 4.74 Å². The number of aromatic carboxylic acids is 1. The van der Waals surface area contributed by atoms with Gasteiger partial charge in [-0.25, -0.2) is 4.79 Å². The minimum atomic E-state index is -0.909. The zero-order valence-corrected chi connectivity index (χ0v) is 11.1. The maximum absolute atomic E-state index is 10.9. The van der Waals surface area contributed by atoms with E-state index in [2.05, 4.69) is 15.9 Å². The number of hydrogen-bond acceptors (Lipinski definition) is 3. The van der Waals surface area contributed by atoms with Crippen LogP contribution in [0.15, 0.2) is 40.2 Å². The molecule has 0 fully saturated rings. The summed E-state index contributed by atoms with van der Waals surface area (Å²) in [7, 11) is 0. The standard InChI is InChI=1S/C12H9BrO3S/c13-9-2-1-3-10(6-9)16-7-8-4-5-17-11(8)12(14)15/h1-6H,7H2,(H,14,15). The van der Waals surface area contributed by atoms with Crippen molar-refractivity contribution in [1.29, 1.82) is 0 Å². The van der Waals surface area contributed by atoms with Crippen molar-refractivity contribution in [2.75, 3.05) is 0 Å². The van der Waals surface area contributed by atoms with Crippen molar-refractivity contribution in [2.45, 2.75) is 6.61 Å². The van der Waals surface area contributed by atoms with Crippen molar-refractivity contribution in [3.8, 4) is 5.75 Å². The smallest absolute Gasteiger partial charge is 0.346 e. The molecule has 2 rings (SSSR count). The molecule has 0 aliphatic heterocycles. The van der Waals surface area contributed by atoms with E-state index < -0.39 is 5.97 Å². The van der Waals surface area contributed by atoms with Crippen LogP contribution in [-0.2, 0) is 6.61 Å². The zero-order valence-electron chi connectivity index (χ0n) is 8.72. The molecule has 0 unspecified atom stereocenters. The van der Waals surface area contributed by atoms with Gasteiger partial charge in [0.15, 0.2) is 0 Å². The molecule has 17 heavy (non-hydrogen) atoms. The van der Waals surface area contributed by atoms with E-state index in [1.54, 1.807) is 11.4 Å². The molecule has 0 saturated heterocycles. The second-order valence-corrected chi connectivity index (χ2v) is 5.16. The summed E-state index contributed by atoms with van der Waals surface area (Å²) < 4.78 is 6.46. The van der Waals surface area contributed by atoms with Crippen molar-refractivity contribution >= 4 is 33.2 Å². The number of benzene rings is 1. The van der Waals surface area contributed by atoms with Crippen LogP contribution >= 0.6 is 27.3 Å². The highest BCUT2D eigenvalue weighted by Crippen LogP contribution is 2.21. The van der Waals surface area contributed by atoms with Crippen LogP contribution in [0.1, 0.15) is 15.2 Å². The van der Waals surface area contributed by atoms with E-state index in [0.29, 0.717) is 16.2 Å². The van der Waals surface area contributed by atoms with Gasteiger partial charge < -0.3 is 9.84 Å². The van der Waals surface area contributed by atoms with Gasteiger partial charge in [0, 0.05) is 10.0 Å². The van der Waals surface area contributed by atoms with E-state index in [1.165, 1.54) is 11.3 Å². The van der Waals surface area contributed by atoms with Gasteiger partial charge in [-0.15, -0.1) is 11.3 Å². The summed E-state index contributed by atoms with van der Waals surface area (Å²) in [5.74, 6) is -0.199. The average Bonchev–Trinajstić information content (AvgIpc) is 2.74. The number of rotatable bonds is 4. The monoisotopic (exact) mass is 312 g/mol. The topological polar surface area (TPSA) is 46.5 Å². The first kappa shape index (κ1) is 12.1. The number of halogens is 1. The van der Waals surface area contributed by atoms with Crippen molar-refractivity contribution in [2.24, 2.45) is 0 Å². The molecule has 0 aliphatic rings. The number of thiophene rings is 1. The molecule has 88 valence electrons. The first-order valence-corrected chi connectivity index (χ1v) is 6.52. The van der Waals surface area contributed by atoms with Gasteiger partial charge in [0.1, 0.15) is 17.2 Å². The van der Waals surface area contributed by atoms with E-state index in [1.807, 2.05) is 24.3 Å². The third kappa shape index (κ3) is 3.08. The molecule has 0 spiro atoms. The highest BCUT2D eigenvalue weighted by atomic mass is 79.9. The predicted octanol–water partition coefficient (Wildman–Crippen LogP) is 3.79. The fourth-order valence-electron chi connectivity index (χ4n) is 1.35. The highest BCUT2D eigenvalue weighted by Gasteiger charge is 2.11. The maximum Gasteiger partial charge on any atom is 0.346 e. The molecule has 1 heterocycles. The summed E-state index contributed by atoms with van der Waals surface area (Å²) in [6.45, 7) is 0.265. The lowest BCUT2D eigenvalue weighted by molar-refractivity contribution is 0.0699. The Balaban J connectivity index is 2.07. The number of ether oxygens (including phenoxy) is 1. The van der Waals surface area contributed by atoms with E-state index in [9.17, 15) is 4.79 Å². The first-order chi connectivity index (χ1) is 8.16. The van der Waals surface area contributed by atoms with Gasteiger partial charge in [-0.3, -0.25) is 0 Å². The van der Waals surface area contributed by atoms with Crippen LogP contribution in [-0.4, -0.2) is 11.1 Å². The van der Waals surface area contributed by atoms with Crippen LogP contribution in [0, 0.1) is 0 Å². The third-order valence-corrected chi connectivity index (χ3v) is 3.57. The molecule has 0 atom stereocenters. The van der Waals surface area contributed by atoms with Gasteiger partial charge in [0.05, 0.1) is 0 Å². The Labute approximate surface area is 111 Å². The lowest BCUT2D eigenvalue weighted by atomic mass is 10.3. The van der Waals surface area contributed by atoms with E-state index in [4.69, 9.17) is 9.84 Å². The second-order valence-electron chi connectivity index (χ2n) is 3.33. The Morgan fingerprint density at radius 2 is 2.24 bits per heavy atom. The lowest BCUT2D eigenvalue weighted by Crippen LogP contribution is -2.01. The first-order valence-electron chi connectivity index (χ1n) is 4.85. The molecule has 0 saturated carbocycles. The summed E-state index contributed by atoms with van der Waals surface area (Å²) >= 11 is 4.55. The molecular weight excluding hydrogens is 304 g/mol. The summed E-state index contributed by atoms with van der Waals surface area (Å²) in [5, 5.41) is 10.7. The van der Waals surface area contributed by atoms with Crippen molar-refractivity contribution < 1.29 is 14.6 Å². The quantitative estimate of drug-likeness (QED) is 0.934. The maximum atomic E-state index is 10.9. The minimum absolute atomic E-state index is 0.265. The van der Waals surface area contributed by atoms with Crippen molar-refractivity contribution in [1.82, 2.24) is 0 Å². The van der Waals surface area contributed by atoms with Crippen LogP contribution in [0.2, 0.25) is 0 Å². The van der Waals surface area contributed by atoms with Crippen LogP contribution in [0.5, 0.6) is 5.75 Å². The van der Waals surface area contributed by atoms with Crippen LogP contribution in [0.3, 0.4) is 0 Å². The zero-order chi connectivity index (χ0) is 12.3. The van der Waals surface area contributed by atoms with Gasteiger partial charge >= 0.3 is 5.97 Å². The van der Waals surface area contributed by atoms with Gasteiger partial charge in [-0.2, -0.15) is 0 Å². The van der Waals surface area contributed by atoms with E-state index >= 15 is 0 Å². The summed E-state index contributed by atoms with van der Waals surface area (Å²) in [5.41, 5.74) is 0.697. The number of carboxylic acid groups (broad SMARTS) is 1. The van der Waals surface area contributed by atoms with Gasteiger partial charge in [-0.05, 0) is 29.6 Å². The minimum Gasteiger partial charge on any atom is -0.489 e. The molecule has 0 aliphatic carbocycles. The van der Waals surface area contributed by atoms with Crippen LogP contribution in [0.25, 0.3) is 0 Å². The van der Waals surface area contributed by atoms with Gasteiger partial charge in [-0.1, -0.05) is 22.0 Å². The van der Waals surface area contributed by atoms with Crippen LogP contribution in [0.4, 0.5) is 0 Å². The molecular formula is C12H9BrO3S. The van der Waals surface area contributed by atoms with Crippen molar-refractivity contribution in [3.63, 3.8) is 0 Å². The predicted molar refractivity (Wildman–Crippen MR) is 69.8 cm³/mol. The van der Waals surface area contributed by atoms with E-state index in [-0.39, 0.29) is 6.61 Å². The number of carboxylic acids is 1. The summed E-state index contributed by atoms with van der Waals surface area (Å²) in [6, 6.07) is 9.21. The Kier molecular flexibility index (Phi) is 3.81. The molecule has 1 aromatic heterocycles. The molecule has 3 nitrogen and oxygen atoms in total. The summed E-state index contributed by atoms with van der Waals surface area (Å²) in [6.07, 6.45) is 0. The fraction of sp³-hybridized carbons (Fsp3) is 0.0833. The van der Waals surface area contributed by atoms with Crippen molar-refractivity contribution in [3.05, 3.63) is 50.6 Å². The molecule has 1 N–H and O–H groups in total. The molecule has 2 aromatic rings. The number of hydrogen-bond donors (Lipinski definition) is 1. The fourth-order valence-corrected chi connectivity index (χ4v) is 2.48. The SMILES string of the molecule is O=C(O)c1sccc1COc1cccc(Br)c1. The molecule has 0 amide bonds. The Morgan fingerprint density at radius 1 is 1.41 bits per heavy atom. The van der Waals surface area contributed by atoms with Gasteiger partial charge in [0.25, 0.3) is 0 Å². The second kappa shape index (κ2) is 5.33.